The summed E-state index contributed by atoms with van der Waals surface area (Å²) in [6, 6.07) is 0.893. The van der Waals surface area contributed by atoms with Crippen molar-refractivity contribution < 1.29 is 19.4 Å². The lowest BCUT2D eigenvalue weighted by atomic mass is 10.1. The number of hydrogen-bond donors (Lipinski definition) is 3. The number of aromatic nitrogens is 2. The van der Waals surface area contributed by atoms with E-state index in [9.17, 15) is 9.59 Å². The van der Waals surface area contributed by atoms with Crippen LogP contribution in [0, 0.1) is 6.92 Å². The van der Waals surface area contributed by atoms with Crippen LogP contribution in [0.25, 0.3) is 0 Å². The molecule has 0 radical (unpaired) electrons. The van der Waals surface area contributed by atoms with E-state index in [1.165, 1.54) is 21.0 Å². The van der Waals surface area contributed by atoms with E-state index >= 15 is 0 Å². The predicted octanol–water partition coefficient (Wildman–Crippen LogP) is 0.778. The number of urea groups is 1. The highest BCUT2D eigenvalue weighted by Crippen LogP contribution is 2.11. The molecule has 8 nitrogen and oxygen atoms in total. The molecule has 0 aliphatic rings. The average Bonchev–Trinajstić information content (AvgIpc) is 2.26. The lowest BCUT2D eigenvalue weighted by Gasteiger charge is -2.20. The van der Waals surface area contributed by atoms with Crippen LogP contribution in [-0.4, -0.2) is 39.7 Å². The van der Waals surface area contributed by atoms with Gasteiger partial charge in [-0.25, -0.2) is 14.6 Å². The summed E-state index contributed by atoms with van der Waals surface area (Å²) in [6.45, 7) is 4.45. The number of anilines is 1. The predicted molar refractivity (Wildman–Crippen MR) is 67.2 cm³/mol. The number of amides is 2. The Hall–Kier alpha value is -2.38. The number of hydrogen-bond acceptors (Lipinski definition) is 5. The summed E-state index contributed by atoms with van der Waals surface area (Å²) >= 11 is 0. The number of carboxylic acids is 1. The highest BCUT2D eigenvalue weighted by atomic mass is 16.5. The first-order valence-electron chi connectivity index (χ1n) is 5.47. The smallest absolute Gasteiger partial charge is 0.328 e. The number of carbonyl (C=O) groups excluding carboxylic acids is 1. The maximum atomic E-state index is 11.6. The van der Waals surface area contributed by atoms with Crippen LogP contribution in [-0.2, 0) is 4.79 Å². The Labute approximate surface area is 110 Å². The van der Waals surface area contributed by atoms with Gasteiger partial charge in [0.05, 0.1) is 7.11 Å². The van der Waals surface area contributed by atoms with Gasteiger partial charge < -0.3 is 15.2 Å². The Morgan fingerprint density at radius 3 is 2.53 bits per heavy atom. The summed E-state index contributed by atoms with van der Waals surface area (Å²) in [5.41, 5.74) is -0.780. The van der Waals surface area contributed by atoms with Crippen molar-refractivity contribution in [1.82, 2.24) is 15.3 Å². The van der Waals surface area contributed by atoms with Gasteiger partial charge in [0.2, 0.25) is 11.8 Å². The Morgan fingerprint density at radius 1 is 1.37 bits per heavy atom. The number of nitrogens with zero attached hydrogens (tertiary/aromatic N) is 2. The maximum absolute atomic E-state index is 11.6. The number of carbonyl (C=O) groups is 2. The fourth-order valence-corrected chi connectivity index (χ4v) is 1.17. The normalized spacial score (nSPS) is 10.7. The van der Waals surface area contributed by atoms with Crippen LogP contribution < -0.4 is 15.4 Å². The molecule has 1 aromatic rings. The van der Waals surface area contributed by atoms with Gasteiger partial charge in [0, 0.05) is 11.8 Å². The van der Waals surface area contributed by atoms with Crippen LogP contribution in [0.4, 0.5) is 10.7 Å². The van der Waals surface area contributed by atoms with Gasteiger partial charge in [-0.3, -0.25) is 5.32 Å². The number of ether oxygens (including phenoxy) is 1. The van der Waals surface area contributed by atoms with E-state index in [-0.39, 0.29) is 5.95 Å². The number of rotatable bonds is 4. The van der Waals surface area contributed by atoms with E-state index in [0.29, 0.717) is 11.6 Å². The first-order valence-corrected chi connectivity index (χ1v) is 5.47. The van der Waals surface area contributed by atoms with Crippen LogP contribution in [0.15, 0.2) is 6.07 Å². The molecule has 0 unspecified atom stereocenters. The molecule has 0 saturated heterocycles. The van der Waals surface area contributed by atoms with E-state index in [0.717, 1.165) is 0 Å². The van der Waals surface area contributed by atoms with Crippen molar-refractivity contribution in [1.29, 1.82) is 0 Å². The Bertz CT molecular complexity index is 501. The van der Waals surface area contributed by atoms with Crippen molar-refractivity contribution >= 4 is 17.9 Å². The lowest BCUT2D eigenvalue weighted by molar-refractivity contribution is -0.142. The number of nitrogens with one attached hydrogen (secondary N) is 2. The summed E-state index contributed by atoms with van der Waals surface area (Å²) in [5, 5.41) is 13.5. The molecule has 1 aromatic heterocycles. The molecule has 1 rings (SSSR count). The fourth-order valence-electron chi connectivity index (χ4n) is 1.17. The highest BCUT2D eigenvalue weighted by Gasteiger charge is 2.29. The Kier molecular flexibility index (Phi) is 4.26. The molecule has 104 valence electrons. The summed E-state index contributed by atoms with van der Waals surface area (Å²) in [6.07, 6.45) is 0. The van der Waals surface area contributed by atoms with Gasteiger partial charge in [-0.2, -0.15) is 4.98 Å². The maximum Gasteiger partial charge on any atom is 0.328 e. The molecular formula is C11H16N4O4. The molecule has 0 aliphatic heterocycles. The number of carboxylic acid groups (broad SMARTS) is 1. The van der Waals surface area contributed by atoms with Crippen LogP contribution in [0.3, 0.4) is 0 Å². The zero-order chi connectivity index (χ0) is 14.6. The molecule has 0 fully saturated rings. The molecule has 0 atom stereocenters. The molecule has 3 N–H and O–H groups in total. The first-order chi connectivity index (χ1) is 8.74. The van der Waals surface area contributed by atoms with Crippen molar-refractivity contribution in [2.45, 2.75) is 26.3 Å². The van der Waals surface area contributed by atoms with E-state index in [1.54, 1.807) is 13.0 Å². The highest BCUT2D eigenvalue weighted by molar-refractivity contribution is 5.92. The topological polar surface area (TPSA) is 113 Å². The molecule has 0 aliphatic carbocycles. The van der Waals surface area contributed by atoms with Gasteiger partial charge in [-0.05, 0) is 20.8 Å². The van der Waals surface area contributed by atoms with E-state index < -0.39 is 17.5 Å². The van der Waals surface area contributed by atoms with E-state index in [4.69, 9.17) is 9.84 Å². The second-order valence-corrected chi connectivity index (χ2v) is 4.38. The minimum Gasteiger partial charge on any atom is -0.481 e. The zero-order valence-corrected chi connectivity index (χ0v) is 11.1. The SMILES string of the molecule is COc1cc(C)nc(NC(=O)NC(C)(C)C(=O)O)n1. The van der Waals surface area contributed by atoms with Crippen molar-refractivity contribution in [3.63, 3.8) is 0 Å². The summed E-state index contributed by atoms with van der Waals surface area (Å²) < 4.78 is 4.94. The molecule has 0 saturated carbocycles. The fraction of sp³-hybridized carbons (Fsp3) is 0.455. The van der Waals surface area contributed by atoms with Gasteiger partial charge >= 0.3 is 12.0 Å². The van der Waals surface area contributed by atoms with Crippen LogP contribution in [0.1, 0.15) is 19.5 Å². The van der Waals surface area contributed by atoms with Gasteiger partial charge in [0.1, 0.15) is 5.54 Å². The molecular weight excluding hydrogens is 252 g/mol. The monoisotopic (exact) mass is 268 g/mol. The third-order valence-corrected chi connectivity index (χ3v) is 2.23. The number of methoxy groups -OCH3 is 1. The molecule has 8 heteroatoms. The molecule has 0 spiro atoms. The Morgan fingerprint density at radius 2 is 2.00 bits per heavy atom. The summed E-state index contributed by atoms with van der Waals surface area (Å²) in [5.74, 6) is -0.804. The lowest BCUT2D eigenvalue weighted by Crippen LogP contribution is -2.51. The number of aryl methyl sites for hydroxylation is 1. The summed E-state index contributed by atoms with van der Waals surface area (Å²) in [7, 11) is 1.44. The molecule has 19 heavy (non-hydrogen) atoms. The van der Waals surface area contributed by atoms with Gasteiger partial charge in [0.15, 0.2) is 0 Å². The van der Waals surface area contributed by atoms with Crippen molar-refractivity contribution in [2.75, 3.05) is 12.4 Å². The molecule has 2 amide bonds. The van der Waals surface area contributed by atoms with Crippen LogP contribution in [0.2, 0.25) is 0 Å². The third kappa shape index (κ3) is 4.09. The largest absolute Gasteiger partial charge is 0.481 e. The molecule has 0 aromatic carbocycles. The number of aliphatic carboxylic acids is 1. The summed E-state index contributed by atoms with van der Waals surface area (Å²) in [4.78, 5) is 30.4. The van der Waals surface area contributed by atoms with E-state index in [2.05, 4.69) is 20.6 Å². The quantitative estimate of drug-likeness (QED) is 0.743. The third-order valence-electron chi connectivity index (χ3n) is 2.23. The standard InChI is InChI=1S/C11H16N4O4/c1-6-5-7(19-4)13-9(12-6)14-10(18)15-11(2,3)8(16)17/h5H,1-4H3,(H,16,17)(H2,12,13,14,15,18). The van der Waals surface area contributed by atoms with Crippen molar-refractivity contribution in [3.8, 4) is 5.88 Å². The van der Waals surface area contributed by atoms with Crippen molar-refractivity contribution in [2.24, 2.45) is 0 Å². The minimum atomic E-state index is -1.39. The van der Waals surface area contributed by atoms with Crippen LogP contribution >= 0.6 is 0 Å². The zero-order valence-electron chi connectivity index (χ0n) is 11.1. The average molecular weight is 268 g/mol. The molecule has 0 bridgehead atoms. The van der Waals surface area contributed by atoms with Gasteiger partial charge in [0.25, 0.3) is 0 Å². The van der Waals surface area contributed by atoms with Crippen LogP contribution in [0.5, 0.6) is 5.88 Å². The van der Waals surface area contributed by atoms with Gasteiger partial charge in [-0.1, -0.05) is 0 Å². The van der Waals surface area contributed by atoms with Crippen molar-refractivity contribution in [3.05, 3.63) is 11.8 Å². The second kappa shape index (κ2) is 5.51. The first kappa shape index (κ1) is 14.7. The molecule has 1 heterocycles. The Balaban J connectivity index is 2.77. The second-order valence-electron chi connectivity index (χ2n) is 4.38. The van der Waals surface area contributed by atoms with Gasteiger partial charge in [-0.15, -0.1) is 0 Å². The van der Waals surface area contributed by atoms with E-state index in [1.807, 2.05) is 0 Å². The minimum absolute atomic E-state index is 0.0375.